The maximum absolute atomic E-state index is 12.9. The number of rotatable bonds is 4. The Morgan fingerprint density at radius 3 is 2.60 bits per heavy atom. The third kappa shape index (κ3) is 2.62. The SMILES string of the molecule is COC[C@]1(C(F)(F)F)CCN(CCN)C1. The van der Waals surface area contributed by atoms with Gasteiger partial charge < -0.3 is 15.4 Å². The highest BCUT2D eigenvalue weighted by molar-refractivity contribution is 4.95. The van der Waals surface area contributed by atoms with Crippen molar-refractivity contribution >= 4 is 0 Å². The van der Waals surface area contributed by atoms with Gasteiger partial charge in [-0.25, -0.2) is 0 Å². The second-order valence-electron chi connectivity index (χ2n) is 4.03. The second kappa shape index (κ2) is 4.67. The summed E-state index contributed by atoms with van der Waals surface area (Å²) in [6.45, 7) is 1.08. The second-order valence-corrected chi connectivity index (χ2v) is 4.03. The van der Waals surface area contributed by atoms with Gasteiger partial charge in [0.05, 0.1) is 6.61 Å². The summed E-state index contributed by atoms with van der Waals surface area (Å²) >= 11 is 0. The van der Waals surface area contributed by atoms with Gasteiger partial charge in [0.15, 0.2) is 0 Å². The fourth-order valence-electron chi connectivity index (χ4n) is 2.04. The van der Waals surface area contributed by atoms with Crippen molar-refractivity contribution in [2.24, 2.45) is 11.1 Å². The summed E-state index contributed by atoms with van der Waals surface area (Å²) in [7, 11) is 1.30. The van der Waals surface area contributed by atoms with E-state index >= 15 is 0 Å². The Balaban J connectivity index is 2.69. The normalized spacial score (nSPS) is 28.6. The molecule has 1 rings (SSSR count). The molecule has 0 aliphatic carbocycles. The number of ether oxygens (including phenoxy) is 1. The monoisotopic (exact) mass is 226 g/mol. The van der Waals surface area contributed by atoms with Crippen LogP contribution in [0, 0.1) is 5.41 Å². The van der Waals surface area contributed by atoms with Crippen LogP contribution in [0.25, 0.3) is 0 Å². The first-order valence-electron chi connectivity index (χ1n) is 4.93. The Labute approximate surface area is 87.4 Å². The first kappa shape index (κ1) is 12.7. The van der Waals surface area contributed by atoms with Crippen LogP contribution in [0.5, 0.6) is 0 Å². The molecule has 2 N–H and O–H groups in total. The van der Waals surface area contributed by atoms with Crippen molar-refractivity contribution in [1.29, 1.82) is 0 Å². The molecular weight excluding hydrogens is 209 g/mol. The molecule has 15 heavy (non-hydrogen) atoms. The average molecular weight is 226 g/mol. The fraction of sp³-hybridized carbons (Fsp3) is 1.00. The molecule has 1 aliphatic rings. The highest BCUT2D eigenvalue weighted by Gasteiger charge is 2.57. The van der Waals surface area contributed by atoms with Crippen molar-refractivity contribution in [3.63, 3.8) is 0 Å². The Kier molecular flexibility index (Phi) is 3.97. The minimum atomic E-state index is -4.20. The first-order chi connectivity index (χ1) is 6.95. The van der Waals surface area contributed by atoms with Gasteiger partial charge >= 0.3 is 6.18 Å². The van der Waals surface area contributed by atoms with Gasteiger partial charge in [0.2, 0.25) is 0 Å². The van der Waals surface area contributed by atoms with E-state index < -0.39 is 11.6 Å². The summed E-state index contributed by atoms with van der Waals surface area (Å²) in [4.78, 5) is 1.74. The number of hydrogen-bond acceptors (Lipinski definition) is 3. The van der Waals surface area contributed by atoms with E-state index in [9.17, 15) is 13.2 Å². The van der Waals surface area contributed by atoms with Crippen LogP contribution in [0.3, 0.4) is 0 Å². The Morgan fingerprint density at radius 1 is 1.47 bits per heavy atom. The molecular formula is C9H17F3N2O. The van der Waals surface area contributed by atoms with Gasteiger partial charge in [-0.1, -0.05) is 0 Å². The van der Waals surface area contributed by atoms with Crippen molar-refractivity contribution < 1.29 is 17.9 Å². The van der Waals surface area contributed by atoms with Crippen molar-refractivity contribution in [2.45, 2.75) is 12.6 Å². The van der Waals surface area contributed by atoms with Gasteiger partial charge in [-0.05, 0) is 13.0 Å². The van der Waals surface area contributed by atoms with Crippen LogP contribution >= 0.6 is 0 Å². The maximum atomic E-state index is 12.9. The fourth-order valence-corrected chi connectivity index (χ4v) is 2.04. The number of hydrogen-bond donors (Lipinski definition) is 1. The van der Waals surface area contributed by atoms with Crippen molar-refractivity contribution in [1.82, 2.24) is 4.90 Å². The van der Waals surface area contributed by atoms with Crippen LogP contribution in [-0.4, -0.2) is 51.0 Å². The van der Waals surface area contributed by atoms with Gasteiger partial charge in [-0.15, -0.1) is 0 Å². The van der Waals surface area contributed by atoms with E-state index in [0.29, 0.717) is 19.6 Å². The molecule has 0 bridgehead atoms. The molecule has 1 fully saturated rings. The molecule has 1 saturated heterocycles. The quantitative estimate of drug-likeness (QED) is 0.772. The molecule has 0 unspecified atom stereocenters. The summed E-state index contributed by atoms with van der Waals surface area (Å²) in [5.74, 6) is 0. The van der Waals surface area contributed by atoms with Crippen LogP contribution < -0.4 is 5.73 Å². The average Bonchev–Trinajstić information content (AvgIpc) is 2.50. The summed E-state index contributed by atoms with van der Waals surface area (Å²) in [6, 6.07) is 0. The van der Waals surface area contributed by atoms with Gasteiger partial charge in [0.25, 0.3) is 0 Å². The molecule has 3 nitrogen and oxygen atoms in total. The summed E-state index contributed by atoms with van der Waals surface area (Å²) < 4.78 is 43.3. The summed E-state index contributed by atoms with van der Waals surface area (Å²) in [5, 5.41) is 0. The molecule has 0 aromatic carbocycles. The number of methoxy groups -OCH3 is 1. The minimum Gasteiger partial charge on any atom is -0.384 e. The van der Waals surface area contributed by atoms with Crippen LogP contribution in [0.1, 0.15) is 6.42 Å². The van der Waals surface area contributed by atoms with Gasteiger partial charge in [-0.2, -0.15) is 13.2 Å². The van der Waals surface area contributed by atoms with Gasteiger partial charge in [-0.3, -0.25) is 0 Å². The Hall–Kier alpha value is -0.330. The lowest BCUT2D eigenvalue weighted by Crippen LogP contribution is -2.44. The molecule has 6 heteroatoms. The lowest BCUT2D eigenvalue weighted by atomic mass is 9.87. The highest BCUT2D eigenvalue weighted by Crippen LogP contribution is 2.45. The molecule has 0 radical (unpaired) electrons. The van der Waals surface area contributed by atoms with E-state index in [1.807, 2.05) is 0 Å². The van der Waals surface area contributed by atoms with E-state index in [-0.39, 0.29) is 19.6 Å². The van der Waals surface area contributed by atoms with E-state index in [0.717, 1.165) is 0 Å². The molecule has 1 atom stereocenters. The summed E-state index contributed by atoms with van der Waals surface area (Å²) in [6.07, 6.45) is -4.10. The number of nitrogens with two attached hydrogens (primary N) is 1. The molecule has 0 amide bonds. The smallest absolute Gasteiger partial charge is 0.384 e. The maximum Gasteiger partial charge on any atom is 0.397 e. The lowest BCUT2D eigenvalue weighted by molar-refractivity contribution is -0.233. The van der Waals surface area contributed by atoms with E-state index in [2.05, 4.69) is 0 Å². The van der Waals surface area contributed by atoms with Gasteiger partial charge in [0, 0.05) is 26.7 Å². The van der Waals surface area contributed by atoms with Crippen molar-refractivity contribution in [3.05, 3.63) is 0 Å². The third-order valence-electron chi connectivity index (χ3n) is 2.90. The predicted octanol–water partition coefficient (Wildman–Crippen LogP) is 0.846. The van der Waals surface area contributed by atoms with Crippen LogP contribution in [0.2, 0.25) is 0 Å². The van der Waals surface area contributed by atoms with Crippen LogP contribution in [0.4, 0.5) is 13.2 Å². The minimum absolute atomic E-state index is 0.00153. The van der Waals surface area contributed by atoms with Crippen molar-refractivity contribution in [3.8, 4) is 0 Å². The Bertz CT molecular complexity index is 210. The number of likely N-dealkylation sites (tertiary alicyclic amines) is 1. The number of alkyl halides is 3. The van der Waals surface area contributed by atoms with E-state index in [4.69, 9.17) is 10.5 Å². The zero-order valence-corrected chi connectivity index (χ0v) is 8.81. The lowest BCUT2D eigenvalue weighted by Gasteiger charge is -2.31. The number of halogens is 3. The van der Waals surface area contributed by atoms with Crippen LogP contribution in [0.15, 0.2) is 0 Å². The molecule has 0 aromatic rings. The molecule has 0 saturated carbocycles. The summed E-state index contributed by atoms with van der Waals surface area (Å²) in [5.41, 5.74) is 3.63. The molecule has 1 heterocycles. The zero-order chi connectivity index (χ0) is 11.5. The molecule has 1 aliphatic heterocycles. The Morgan fingerprint density at radius 2 is 2.13 bits per heavy atom. The number of nitrogens with zero attached hydrogens (tertiary/aromatic N) is 1. The van der Waals surface area contributed by atoms with E-state index in [1.54, 1.807) is 4.90 Å². The molecule has 0 aromatic heterocycles. The first-order valence-corrected chi connectivity index (χ1v) is 4.93. The highest BCUT2D eigenvalue weighted by atomic mass is 19.4. The molecule has 90 valence electrons. The zero-order valence-electron chi connectivity index (χ0n) is 8.81. The largest absolute Gasteiger partial charge is 0.397 e. The molecule has 0 spiro atoms. The van der Waals surface area contributed by atoms with Crippen LogP contribution in [-0.2, 0) is 4.74 Å². The topological polar surface area (TPSA) is 38.5 Å². The van der Waals surface area contributed by atoms with Crippen molar-refractivity contribution in [2.75, 3.05) is 39.9 Å². The third-order valence-corrected chi connectivity index (χ3v) is 2.90. The predicted molar refractivity (Wildman–Crippen MR) is 50.5 cm³/mol. The standard InChI is InChI=1S/C9H17F3N2O/c1-15-7-8(9(10,11)12)2-4-14(6-8)5-3-13/h2-7,13H2,1H3/t8-/m0/s1. The van der Waals surface area contributed by atoms with Gasteiger partial charge in [0.1, 0.15) is 5.41 Å². The van der Waals surface area contributed by atoms with E-state index in [1.165, 1.54) is 7.11 Å².